The van der Waals surface area contributed by atoms with E-state index in [-0.39, 0.29) is 17.9 Å². The van der Waals surface area contributed by atoms with Crippen molar-refractivity contribution in [3.63, 3.8) is 0 Å². The van der Waals surface area contributed by atoms with Crippen molar-refractivity contribution >= 4 is 23.4 Å². The van der Waals surface area contributed by atoms with Gasteiger partial charge in [0.15, 0.2) is 0 Å². The first-order valence-corrected chi connectivity index (χ1v) is 10.1. The summed E-state index contributed by atoms with van der Waals surface area (Å²) in [6, 6.07) is 10.0. The maximum Gasteiger partial charge on any atom is 0.274 e. The lowest BCUT2D eigenvalue weighted by Crippen LogP contribution is -2.34. The number of nitrogens with one attached hydrogen (secondary N) is 1. The largest absolute Gasteiger partial charge is 0.335 e. The quantitative estimate of drug-likeness (QED) is 0.660. The van der Waals surface area contributed by atoms with Crippen LogP contribution in [-0.4, -0.2) is 42.7 Å². The number of hydrogen-bond acceptors (Lipinski definition) is 5. The fraction of sp³-hybridized carbons (Fsp3) is 0.368. The number of hydrogen-bond donors (Lipinski definition) is 1. The molecule has 2 aromatic heterocycles. The zero-order valence-electron chi connectivity index (χ0n) is 15.3. The molecule has 1 saturated carbocycles. The van der Waals surface area contributed by atoms with Crippen molar-refractivity contribution in [3.8, 4) is 0 Å². The monoisotopic (exact) mass is 383 g/mol. The van der Waals surface area contributed by atoms with Crippen LogP contribution in [0.4, 0.5) is 0 Å². The molecule has 0 spiro atoms. The van der Waals surface area contributed by atoms with Crippen molar-refractivity contribution in [2.45, 2.75) is 43.7 Å². The fourth-order valence-electron chi connectivity index (χ4n) is 3.10. The van der Waals surface area contributed by atoms with Gasteiger partial charge in [-0.25, -0.2) is 4.98 Å². The maximum atomic E-state index is 12.9. The highest BCUT2D eigenvalue weighted by Crippen LogP contribution is 2.29. The highest BCUT2D eigenvalue weighted by Gasteiger charge is 2.32. The molecule has 3 aromatic rings. The van der Waals surface area contributed by atoms with Crippen LogP contribution in [0, 0.1) is 6.92 Å². The average Bonchev–Trinajstić information content (AvgIpc) is 3.40. The Morgan fingerprint density at radius 2 is 2.04 bits per heavy atom. The second-order valence-corrected chi connectivity index (χ2v) is 7.70. The Hall–Kier alpha value is -2.61. The highest BCUT2D eigenvalue weighted by atomic mass is 32.2. The molecule has 7 nitrogen and oxygen atoms in total. The van der Waals surface area contributed by atoms with Crippen LogP contribution in [0.25, 0.3) is 5.78 Å². The number of aromatic amines is 1. The van der Waals surface area contributed by atoms with E-state index in [1.807, 2.05) is 11.2 Å². The molecule has 0 aliphatic heterocycles. The minimum Gasteiger partial charge on any atom is -0.335 e. The standard InChI is InChI=1S/C19H21N5O2S/c1-12-9-18(26)24-19(20-12)21-16(22-24)10-17(25)23(14-5-6-14)11-13-3-7-15(27-2)8-4-13/h3-4,7-9,14H,5-6,10-11H2,1-2H3,(H,20,21,22). The molecule has 0 unspecified atom stereocenters. The van der Waals surface area contributed by atoms with Crippen molar-refractivity contribution < 1.29 is 4.79 Å². The molecule has 1 aliphatic rings. The molecule has 1 aliphatic carbocycles. The van der Waals surface area contributed by atoms with Gasteiger partial charge in [0, 0.05) is 29.2 Å². The molecule has 27 heavy (non-hydrogen) atoms. The molecule has 0 saturated heterocycles. The molecule has 1 aromatic carbocycles. The molecule has 4 rings (SSSR count). The van der Waals surface area contributed by atoms with Gasteiger partial charge in [-0.2, -0.15) is 9.50 Å². The summed E-state index contributed by atoms with van der Waals surface area (Å²) in [5.74, 6) is 0.766. The molecule has 1 amide bonds. The maximum absolute atomic E-state index is 12.9. The van der Waals surface area contributed by atoms with Crippen molar-refractivity contribution in [1.82, 2.24) is 24.5 Å². The molecular formula is C19H21N5O2S. The van der Waals surface area contributed by atoms with E-state index in [1.165, 1.54) is 15.5 Å². The number of benzene rings is 1. The van der Waals surface area contributed by atoms with Crippen molar-refractivity contribution in [1.29, 1.82) is 0 Å². The van der Waals surface area contributed by atoms with Crippen LogP contribution in [0.1, 0.15) is 29.9 Å². The number of thioether (sulfide) groups is 1. The number of nitrogens with zero attached hydrogens (tertiary/aromatic N) is 4. The lowest BCUT2D eigenvalue weighted by molar-refractivity contribution is -0.131. The Bertz CT molecular complexity index is 1040. The molecule has 1 fully saturated rings. The summed E-state index contributed by atoms with van der Waals surface area (Å²) in [5.41, 5.74) is 1.50. The molecule has 0 radical (unpaired) electrons. The van der Waals surface area contributed by atoms with Gasteiger partial charge in [-0.15, -0.1) is 11.8 Å². The number of carbonyl (C=O) groups is 1. The number of rotatable bonds is 6. The van der Waals surface area contributed by atoms with E-state index in [2.05, 4.69) is 39.3 Å². The van der Waals surface area contributed by atoms with Crippen LogP contribution in [0.3, 0.4) is 0 Å². The van der Waals surface area contributed by atoms with Crippen LogP contribution in [0.5, 0.6) is 0 Å². The Morgan fingerprint density at radius 3 is 2.70 bits per heavy atom. The highest BCUT2D eigenvalue weighted by molar-refractivity contribution is 7.98. The summed E-state index contributed by atoms with van der Waals surface area (Å²) in [6.45, 7) is 2.34. The van der Waals surface area contributed by atoms with E-state index in [4.69, 9.17) is 0 Å². The average molecular weight is 383 g/mol. The van der Waals surface area contributed by atoms with Crippen LogP contribution in [0.15, 0.2) is 40.0 Å². The van der Waals surface area contributed by atoms with Gasteiger partial charge in [0.1, 0.15) is 5.82 Å². The van der Waals surface area contributed by atoms with Gasteiger partial charge in [-0.3, -0.25) is 14.7 Å². The summed E-state index contributed by atoms with van der Waals surface area (Å²) in [5, 5.41) is 2.90. The van der Waals surface area contributed by atoms with E-state index >= 15 is 0 Å². The Morgan fingerprint density at radius 1 is 1.30 bits per heavy atom. The van der Waals surface area contributed by atoms with Crippen LogP contribution in [0.2, 0.25) is 0 Å². The zero-order valence-corrected chi connectivity index (χ0v) is 16.1. The van der Waals surface area contributed by atoms with E-state index < -0.39 is 0 Å². The number of aromatic nitrogens is 4. The summed E-state index contributed by atoms with van der Waals surface area (Å²) >= 11 is 1.70. The third kappa shape index (κ3) is 3.90. The summed E-state index contributed by atoms with van der Waals surface area (Å²) in [7, 11) is 0. The van der Waals surface area contributed by atoms with Gasteiger partial charge in [0.25, 0.3) is 11.3 Å². The molecular weight excluding hydrogens is 362 g/mol. The predicted molar refractivity (Wildman–Crippen MR) is 104 cm³/mol. The third-order valence-electron chi connectivity index (χ3n) is 4.64. The third-order valence-corrected chi connectivity index (χ3v) is 5.39. The van der Waals surface area contributed by atoms with Gasteiger partial charge in [0.05, 0.1) is 6.42 Å². The van der Waals surface area contributed by atoms with Gasteiger partial charge in [0.2, 0.25) is 5.91 Å². The van der Waals surface area contributed by atoms with Crippen LogP contribution >= 0.6 is 11.8 Å². The lowest BCUT2D eigenvalue weighted by Gasteiger charge is -2.22. The van der Waals surface area contributed by atoms with E-state index in [0.29, 0.717) is 29.9 Å². The second-order valence-electron chi connectivity index (χ2n) is 6.82. The van der Waals surface area contributed by atoms with Crippen LogP contribution < -0.4 is 5.56 Å². The fourth-order valence-corrected chi connectivity index (χ4v) is 3.50. The summed E-state index contributed by atoms with van der Waals surface area (Å²) in [4.78, 5) is 36.6. The first-order chi connectivity index (χ1) is 13.0. The first-order valence-electron chi connectivity index (χ1n) is 8.91. The van der Waals surface area contributed by atoms with E-state index in [1.54, 1.807) is 18.7 Å². The van der Waals surface area contributed by atoms with Crippen molar-refractivity contribution in [2.75, 3.05) is 6.26 Å². The van der Waals surface area contributed by atoms with Crippen molar-refractivity contribution in [3.05, 3.63) is 57.8 Å². The molecule has 0 atom stereocenters. The normalized spacial score (nSPS) is 13.9. The first kappa shape index (κ1) is 17.8. The number of H-pyrrole nitrogens is 1. The number of amides is 1. The second kappa shape index (κ2) is 7.19. The van der Waals surface area contributed by atoms with E-state index in [9.17, 15) is 9.59 Å². The smallest absolute Gasteiger partial charge is 0.274 e. The minimum absolute atomic E-state index is 0.00951. The SMILES string of the molecule is CSc1ccc(CN(C(=O)Cc2nc3nc(C)cc(=O)n3[nH]2)C2CC2)cc1. The summed E-state index contributed by atoms with van der Waals surface area (Å²) in [6.07, 6.45) is 4.25. The molecule has 140 valence electrons. The minimum atomic E-state index is -0.225. The summed E-state index contributed by atoms with van der Waals surface area (Å²) < 4.78 is 1.28. The van der Waals surface area contributed by atoms with Gasteiger partial charge in [-0.1, -0.05) is 12.1 Å². The number of carbonyl (C=O) groups excluding carboxylic acids is 1. The van der Waals surface area contributed by atoms with Gasteiger partial charge < -0.3 is 4.90 Å². The van der Waals surface area contributed by atoms with Crippen LogP contribution in [-0.2, 0) is 17.8 Å². The Balaban J connectivity index is 1.52. The molecule has 1 N–H and O–H groups in total. The number of aryl methyl sites for hydroxylation is 1. The molecule has 2 heterocycles. The van der Waals surface area contributed by atoms with E-state index in [0.717, 1.165) is 18.4 Å². The topological polar surface area (TPSA) is 83.4 Å². The predicted octanol–water partition coefficient (Wildman–Crippen LogP) is 2.18. The Kier molecular flexibility index (Phi) is 4.73. The molecule has 0 bridgehead atoms. The lowest BCUT2D eigenvalue weighted by atomic mass is 10.2. The number of fused-ring (bicyclic) bond motifs is 1. The van der Waals surface area contributed by atoms with Gasteiger partial charge in [-0.05, 0) is 43.7 Å². The molecule has 8 heteroatoms. The van der Waals surface area contributed by atoms with Gasteiger partial charge >= 0.3 is 0 Å². The van der Waals surface area contributed by atoms with Crippen molar-refractivity contribution in [2.24, 2.45) is 0 Å². The Labute approximate surface area is 160 Å². The zero-order chi connectivity index (χ0) is 19.0.